The standard InChI is InChI=1S/C20H21N5O4/c1-13-11-17(24-29-13)23-18(26)12-25(2)20(27)14-7-6-10-21-19(14)22-15-8-4-5-9-16(15)28-3/h4-11H,12H2,1-3H3,(H,21,22)(H,23,24,26). The van der Waals surface area contributed by atoms with Crippen LogP contribution in [0.25, 0.3) is 0 Å². The van der Waals surface area contributed by atoms with Gasteiger partial charge in [-0.25, -0.2) is 4.98 Å². The second-order valence-electron chi connectivity index (χ2n) is 6.26. The number of nitrogens with one attached hydrogen (secondary N) is 2. The van der Waals surface area contributed by atoms with Crippen molar-refractivity contribution in [1.29, 1.82) is 0 Å². The van der Waals surface area contributed by atoms with Gasteiger partial charge in [-0.2, -0.15) is 0 Å². The summed E-state index contributed by atoms with van der Waals surface area (Å²) < 4.78 is 10.2. The number of aryl methyl sites for hydroxylation is 1. The lowest BCUT2D eigenvalue weighted by Gasteiger charge is -2.19. The van der Waals surface area contributed by atoms with Gasteiger partial charge in [0, 0.05) is 19.3 Å². The van der Waals surface area contributed by atoms with E-state index in [1.54, 1.807) is 44.5 Å². The Kier molecular flexibility index (Phi) is 6.08. The maximum atomic E-state index is 12.9. The van der Waals surface area contributed by atoms with Crippen LogP contribution in [-0.2, 0) is 4.79 Å². The SMILES string of the molecule is COc1ccccc1Nc1ncccc1C(=O)N(C)CC(=O)Nc1cc(C)on1. The highest BCUT2D eigenvalue weighted by Gasteiger charge is 2.20. The second kappa shape index (κ2) is 8.87. The van der Waals surface area contributed by atoms with Crippen molar-refractivity contribution < 1.29 is 18.8 Å². The molecule has 9 heteroatoms. The lowest BCUT2D eigenvalue weighted by molar-refractivity contribution is -0.116. The van der Waals surface area contributed by atoms with Crippen LogP contribution in [-0.4, -0.2) is 47.6 Å². The molecule has 0 spiro atoms. The van der Waals surface area contributed by atoms with Crippen LogP contribution in [0.15, 0.2) is 53.2 Å². The Labute approximate surface area is 167 Å². The quantitative estimate of drug-likeness (QED) is 0.633. The topological polar surface area (TPSA) is 110 Å². The molecular weight excluding hydrogens is 374 g/mol. The molecule has 29 heavy (non-hydrogen) atoms. The Morgan fingerprint density at radius 2 is 2.00 bits per heavy atom. The number of methoxy groups -OCH3 is 1. The molecule has 2 amide bonds. The van der Waals surface area contributed by atoms with Crippen LogP contribution in [0.3, 0.4) is 0 Å². The molecule has 2 aromatic heterocycles. The number of nitrogens with zero attached hydrogens (tertiary/aromatic N) is 3. The maximum Gasteiger partial charge on any atom is 0.257 e. The zero-order valence-corrected chi connectivity index (χ0v) is 16.3. The summed E-state index contributed by atoms with van der Waals surface area (Å²) >= 11 is 0. The van der Waals surface area contributed by atoms with Gasteiger partial charge in [0.05, 0.1) is 24.9 Å². The third kappa shape index (κ3) is 4.89. The first kappa shape index (κ1) is 19.9. The van der Waals surface area contributed by atoms with Gasteiger partial charge in [-0.1, -0.05) is 17.3 Å². The molecule has 9 nitrogen and oxygen atoms in total. The summed E-state index contributed by atoms with van der Waals surface area (Å²) in [5, 5.41) is 9.40. The normalized spacial score (nSPS) is 10.3. The van der Waals surface area contributed by atoms with Crippen LogP contribution < -0.4 is 15.4 Å². The van der Waals surface area contributed by atoms with Crippen molar-refractivity contribution in [2.75, 3.05) is 31.3 Å². The second-order valence-corrected chi connectivity index (χ2v) is 6.26. The number of carbonyl (C=O) groups excluding carboxylic acids is 2. The van der Waals surface area contributed by atoms with Gasteiger partial charge in [0.2, 0.25) is 5.91 Å². The van der Waals surface area contributed by atoms with Crippen molar-refractivity contribution in [2.45, 2.75) is 6.92 Å². The fourth-order valence-corrected chi connectivity index (χ4v) is 2.65. The Bertz CT molecular complexity index is 1020. The number of pyridine rings is 1. The van der Waals surface area contributed by atoms with E-state index in [-0.39, 0.29) is 12.5 Å². The zero-order chi connectivity index (χ0) is 20.8. The fourth-order valence-electron chi connectivity index (χ4n) is 2.65. The highest BCUT2D eigenvalue weighted by atomic mass is 16.5. The first-order valence-corrected chi connectivity index (χ1v) is 8.81. The molecule has 2 N–H and O–H groups in total. The molecule has 3 rings (SSSR count). The number of para-hydroxylation sites is 2. The third-order valence-corrected chi connectivity index (χ3v) is 4.02. The van der Waals surface area contributed by atoms with Gasteiger partial charge in [0.15, 0.2) is 5.82 Å². The van der Waals surface area contributed by atoms with E-state index >= 15 is 0 Å². The van der Waals surface area contributed by atoms with Gasteiger partial charge >= 0.3 is 0 Å². The van der Waals surface area contributed by atoms with E-state index in [4.69, 9.17) is 9.26 Å². The maximum absolute atomic E-state index is 12.9. The van der Waals surface area contributed by atoms with Gasteiger partial charge in [0.25, 0.3) is 5.91 Å². The summed E-state index contributed by atoms with van der Waals surface area (Å²) in [6.07, 6.45) is 1.58. The van der Waals surface area contributed by atoms with Crippen LogP contribution in [0.5, 0.6) is 5.75 Å². The lowest BCUT2D eigenvalue weighted by Crippen LogP contribution is -2.35. The molecule has 0 saturated heterocycles. The Balaban J connectivity index is 1.72. The van der Waals surface area contributed by atoms with Gasteiger partial charge in [0.1, 0.15) is 17.3 Å². The summed E-state index contributed by atoms with van der Waals surface area (Å²) in [6, 6.07) is 12.2. The molecule has 0 aliphatic heterocycles. The van der Waals surface area contributed by atoms with E-state index in [9.17, 15) is 9.59 Å². The van der Waals surface area contributed by atoms with Crippen LogP contribution in [0.1, 0.15) is 16.1 Å². The first-order valence-electron chi connectivity index (χ1n) is 8.81. The molecule has 0 atom stereocenters. The van der Waals surface area contributed by atoms with Crippen LogP contribution >= 0.6 is 0 Å². The van der Waals surface area contributed by atoms with Crippen molar-refractivity contribution >= 4 is 29.1 Å². The summed E-state index contributed by atoms with van der Waals surface area (Å²) in [6.45, 7) is 1.56. The number of amides is 2. The number of aromatic nitrogens is 2. The van der Waals surface area contributed by atoms with Crippen LogP contribution in [0.4, 0.5) is 17.3 Å². The average Bonchev–Trinajstić information content (AvgIpc) is 3.12. The molecule has 0 unspecified atom stereocenters. The van der Waals surface area contributed by atoms with Crippen molar-refractivity contribution in [3.8, 4) is 5.75 Å². The highest BCUT2D eigenvalue weighted by Crippen LogP contribution is 2.27. The molecule has 0 bridgehead atoms. The lowest BCUT2D eigenvalue weighted by atomic mass is 10.2. The number of benzene rings is 1. The molecule has 0 radical (unpaired) electrons. The molecule has 0 saturated carbocycles. The van der Waals surface area contributed by atoms with E-state index in [1.165, 1.54) is 11.9 Å². The molecule has 0 fully saturated rings. The summed E-state index contributed by atoms with van der Waals surface area (Å²) in [4.78, 5) is 30.7. The molecule has 3 aromatic rings. The molecular formula is C20H21N5O4. The molecule has 0 aliphatic carbocycles. The number of likely N-dealkylation sites (N-methyl/N-ethyl adjacent to an activating group) is 1. The van der Waals surface area contributed by atoms with Gasteiger partial charge in [-0.3, -0.25) is 9.59 Å². The predicted octanol–water partition coefficient (Wildman–Crippen LogP) is 2.84. The van der Waals surface area contributed by atoms with Crippen LogP contribution in [0, 0.1) is 6.92 Å². The molecule has 1 aromatic carbocycles. The Morgan fingerprint density at radius 3 is 2.72 bits per heavy atom. The number of ether oxygens (including phenoxy) is 1. The summed E-state index contributed by atoms with van der Waals surface area (Å²) in [5.41, 5.74) is 0.996. The number of anilines is 3. The highest BCUT2D eigenvalue weighted by molar-refractivity contribution is 6.02. The van der Waals surface area contributed by atoms with Crippen LogP contribution in [0.2, 0.25) is 0 Å². The minimum absolute atomic E-state index is 0.159. The average molecular weight is 395 g/mol. The molecule has 150 valence electrons. The third-order valence-electron chi connectivity index (χ3n) is 4.02. The summed E-state index contributed by atoms with van der Waals surface area (Å²) in [5.74, 6) is 1.10. The van der Waals surface area contributed by atoms with Gasteiger partial charge in [-0.15, -0.1) is 0 Å². The van der Waals surface area contributed by atoms with E-state index in [2.05, 4.69) is 20.8 Å². The first-order chi connectivity index (χ1) is 14.0. The van der Waals surface area contributed by atoms with Crippen molar-refractivity contribution in [3.05, 3.63) is 60.0 Å². The van der Waals surface area contributed by atoms with E-state index in [0.717, 1.165) is 0 Å². The molecule has 2 heterocycles. The fraction of sp³-hybridized carbons (Fsp3) is 0.200. The number of carbonyl (C=O) groups is 2. The van der Waals surface area contributed by atoms with Crippen molar-refractivity contribution in [3.63, 3.8) is 0 Å². The minimum atomic E-state index is -0.391. The van der Waals surface area contributed by atoms with Crippen molar-refractivity contribution in [1.82, 2.24) is 15.0 Å². The smallest absolute Gasteiger partial charge is 0.257 e. The minimum Gasteiger partial charge on any atom is -0.495 e. The monoisotopic (exact) mass is 395 g/mol. The van der Waals surface area contributed by atoms with E-state index in [0.29, 0.717) is 34.4 Å². The Hall–Kier alpha value is -3.88. The predicted molar refractivity (Wildman–Crippen MR) is 107 cm³/mol. The van der Waals surface area contributed by atoms with Gasteiger partial charge in [-0.05, 0) is 31.2 Å². The molecule has 0 aliphatic rings. The van der Waals surface area contributed by atoms with E-state index in [1.807, 2.05) is 18.2 Å². The number of hydrogen-bond donors (Lipinski definition) is 2. The number of hydrogen-bond acceptors (Lipinski definition) is 7. The largest absolute Gasteiger partial charge is 0.495 e. The number of rotatable bonds is 7. The zero-order valence-electron chi connectivity index (χ0n) is 16.3. The Morgan fingerprint density at radius 1 is 1.21 bits per heavy atom. The van der Waals surface area contributed by atoms with Gasteiger partial charge < -0.3 is 24.8 Å². The summed E-state index contributed by atoms with van der Waals surface area (Å²) in [7, 11) is 3.10. The van der Waals surface area contributed by atoms with Crippen molar-refractivity contribution in [2.24, 2.45) is 0 Å². The van der Waals surface area contributed by atoms with E-state index < -0.39 is 5.91 Å².